The van der Waals surface area contributed by atoms with Crippen molar-refractivity contribution in [3.63, 3.8) is 0 Å². The van der Waals surface area contributed by atoms with Gasteiger partial charge in [0.05, 0.1) is 13.3 Å². The summed E-state index contributed by atoms with van der Waals surface area (Å²) in [6, 6.07) is 7.05. The summed E-state index contributed by atoms with van der Waals surface area (Å²) in [4.78, 5) is 0. The van der Waals surface area contributed by atoms with Crippen molar-refractivity contribution >= 4 is 6.21 Å². The third-order valence-electron chi connectivity index (χ3n) is 1.72. The number of nitriles is 1. The lowest BCUT2D eigenvalue weighted by Gasteiger charge is -2.07. The van der Waals surface area contributed by atoms with E-state index in [9.17, 15) is 0 Å². The molecule has 0 fully saturated rings. The fraction of sp³-hybridized carbons (Fsp3) is 0.200. The Kier molecular flexibility index (Phi) is 3.98. The molecule has 0 amide bonds. The second-order valence-electron chi connectivity index (χ2n) is 2.63. The lowest BCUT2D eigenvalue weighted by molar-refractivity contribution is 0.365. The number of rotatable bonds is 4. The number of hydrogen-bond acceptors (Lipinski definition) is 5. The van der Waals surface area contributed by atoms with Gasteiger partial charge in [-0.25, -0.2) is 0 Å². The minimum Gasteiger partial charge on any atom is -0.497 e. The highest BCUT2D eigenvalue weighted by Crippen LogP contribution is 2.22. The van der Waals surface area contributed by atoms with Gasteiger partial charge in [-0.1, -0.05) is 0 Å². The van der Waals surface area contributed by atoms with Gasteiger partial charge in [0.15, 0.2) is 6.61 Å². The summed E-state index contributed by atoms with van der Waals surface area (Å²) in [5.74, 6) is 6.28. The van der Waals surface area contributed by atoms with Gasteiger partial charge in [0, 0.05) is 5.56 Å². The molecule has 1 aromatic rings. The van der Waals surface area contributed by atoms with E-state index in [2.05, 4.69) is 5.10 Å². The number of nitrogens with two attached hydrogens (primary N) is 1. The molecule has 0 spiro atoms. The maximum atomic E-state index is 8.39. The summed E-state index contributed by atoms with van der Waals surface area (Å²) >= 11 is 0. The zero-order valence-electron chi connectivity index (χ0n) is 8.30. The van der Waals surface area contributed by atoms with Gasteiger partial charge in [0.25, 0.3) is 0 Å². The highest BCUT2D eigenvalue weighted by molar-refractivity contribution is 5.84. The van der Waals surface area contributed by atoms with E-state index in [0.29, 0.717) is 17.1 Å². The van der Waals surface area contributed by atoms with E-state index in [1.165, 1.54) is 6.21 Å². The Morgan fingerprint density at radius 3 is 3.00 bits per heavy atom. The van der Waals surface area contributed by atoms with Crippen LogP contribution >= 0.6 is 0 Å². The molecule has 2 N–H and O–H groups in total. The van der Waals surface area contributed by atoms with E-state index in [1.54, 1.807) is 25.3 Å². The van der Waals surface area contributed by atoms with Gasteiger partial charge >= 0.3 is 0 Å². The highest BCUT2D eigenvalue weighted by Gasteiger charge is 2.03. The van der Waals surface area contributed by atoms with Gasteiger partial charge in [-0.3, -0.25) is 0 Å². The number of hydrazone groups is 1. The van der Waals surface area contributed by atoms with Crippen LogP contribution < -0.4 is 15.3 Å². The molecule has 0 aromatic heterocycles. The van der Waals surface area contributed by atoms with Crippen LogP contribution in [-0.2, 0) is 0 Å². The summed E-state index contributed by atoms with van der Waals surface area (Å²) in [6.45, 7) is -0.0161. The fourth-order valence-electron chi connectivity index (χ4n) is 1.08. The molecule has 0 heterocycles. The zero-order chi connectivity index (χ0) is 11.1. The molecule has 78 valence electrons. The highest BCUT2D eigenvalue weighted by atomic mass is 16.5. The van der Waals surface area contributed by atoms with E-state index in [0.717, 1.165) is 0 Å². The van der Waals surface area contributed by atoms with Crippen LogP contribution in [-0.4, -0.2) is 19.9 Å². The predicted octanol–water partition coefficient (Wildman–Crippen LogP) is 0.890. The summed E-state index contributed by atoms with van der Waals surface area (Å²) < 4.78 is 10.2. The van der Waals surface area contributed by atoms with Gasteiger partial charge < -0.3 is 15.3 Å². The number of hydrogen-bond donors (Lipinski definition) is 1. The third-order valence-corrected chi connectivity index (χ3v) is 1.72. The molecule has 0 unspecified atom stereocenters. The van der Waals surface area contributed by atoms with Crippen molar-refractivity contribution in [3.8, 4) is 17.6 Å². The Hall–Kier alpha value is -2.22. The monoisotopic (exact) mass is 205 g/mol. The van der Waals surface area contributed by atoms with E-state index in [1.807, 2.05) is 6.07 Å². The fourth-order valence-corrected chi connectivity index (χ4v) is 1.08. The molecule has 5 heteroatoms. The van der Waals surface area contributed by atoms with Crippen molar-refractivity contribution in [2.24, 2.45) is 10.9 Å². The molecule has 15 heavy (non-hydrogen) atoms. The Balaban J connectivity index is 2.99. The first kappa shape index (κ1) is 10.9. The molecule has 0 bridgehead atoms. The molecule has 0 aliphatic rings. The van der Waals surface area contributed by atoms with E-state index < -0.39 is 0 Å². The smallest absolute Gasteiger partial charge is 0.174 e. The molecule has 0 aliphatic heterocycles. The maximum Gasteiger partial charge on any atom is 0.174 e. The van der Waals surface area contributed by atoms with Crippen LogP contribution in [0.4, 0.5) is 0 Å². The summed E-state index contributed by atoms with van der Waals surface area (Å²) in [6.07, 6.45) is 1.44. The molecule has 0 radical (unpaired) electrons. The molecule has 1 aromatic carbocycles. The summed E-state index contributed by atoms with van der Waals surface area (Å²) in [7, 11) is 1.56. The van der Waals surface area contributed by atoms with Crippen LogP contribution in [0.5, 0.6) is 11.5 Å². The van der Waals surface area contributed by atoms with Crippen molar-refractivity contribution < 1.29 is 9.47 Å². The Morgan fingerprint density at radius 2 is 2.40 bits per heavy atom. The van der Waals surface area contributed by atoms with Crippen LogP contribution in [0.15, 0.2) is 23.3 Å². The Morgan fingerprint density at radius 1 is 1.60 bits per heavy atom. The van der Waals surface area contributed by atoms with Crippen LogP contribution in [0, 0.1) is 11.3 Å². The van der Waals surface area contributed by atoms with Crippen molar-refractivity contribution in [2.45, 2.75) is 0 Å². The summed E-state index contributed by atoms with van der Waals surface area (Å²) in [5, 5.41) is 11.8. The average Bonchev–Trinajstić information content (AvgIpc) is 2.27. The topological polar surface area (TPSA) is 80.6 Å². The Bertz CT molecular complexity index is 396. The van der Waals surface area contributed by atoms with Crippen LogP contribution in [0.25, 0.3) is 0 Å². The van der Waals surface area contributed by atoms with Crippen LogP contribution in [0.1, 0.15) is 5.56 Å². The van der Waals surface area contributed by atoms with Gasteiger partial charge in [-0.15, -0.1) is 0 Å². The van der Waals surface area contributed by atoms with Gasteiger partial charge in [-0.2, -0.15) is 10.4 Å². The second-order valence-corrected chi connectivity index (χ2v) is 2.63. The lowest BCUT2D eigenvalue weighted by Crippen LogP contribution is -1.99. The predicted molar refractivity (Wildman–Crippen MR) is 55.9 cm³/mol. The third kappa shape index (κ3) is 2.88. The standard InChI is InChI=1S/C10H11N3O2/c1-14-9-2-3-10(15-5-4-11)8(6-9)7-13-12/h2-3,6-7H,5,12H2,1H3. The SMILES string of the molecule is COc1ccc(OCC#N)c(C=NN)c1. The first-order chi connectivity index (χ1) is 7.31. The number of methoxy groups -OCH3 is 1. The molecule has 0 saturated heterocycles. The molecular formula is C10H11N3O2. The molecule has 1 rings (SSSR count). The average molecular weight is 205 g/mol. The summed E-state index contributed by atoms with van der Waals surface area (Å²) in [5.41, 5.74) is 0.673. The minimum atomic E-state index is -0.0161. The normalized spacial score (nSPS) is 9.87. The van der Waals surface area contributed by atoms with Crippen molar-refractivity contribution in [3.05, 3.63) is 23.8 Å². The Labute approximate surface area is 87.7 Å². The molecule has 0 atom stereocenters. The quantitative estimate of drug-likeness (QED) is 0.449. The second kappa shape index (κ2) is 5.50. The number of benzene rings is 1. The largest absolute Gasteiger partial charge is 0.497 e. The van der Waals surface area contributed by atoms with Gasteiger partial charge in [0.1, 0.15) is 17.6 Å². The lowest BCUT2D eigenvalue weighted by atomic mass is 10.2. The molecule has 0 aliphatic carbocycles. The minimum absolute atomic E-state index is 0.0161. The zero-order valence-corrected chi connectivity index (χ0v) is 8.30. The van der Waals surface area contributed by atoms with Gasteiger partial charge in [0.2, 0.25) is 0 Å². The first-order valence-corrected chi connectivity index (χ1v) is 4.23. The first-order valence-electron chi connectivity index (χ1n) is 4.23. The molecule has 5 nitrogen and oxygen atoms in total. The number of ether oxygens (including phenoxy) is 2. The van der Waals surface area contributed by atoms with Crippen molar-refractivity contribution in [2.75, 3.05) is 13.7 Å². The van der Waals surface area contributed by atoms with E-state index in [4.69, 9.17) is 20.6 Å². The maximum absolute atomic E-state index is 8.39. The van der Waals surface area contributed by atoms with Crippen LogP contribution in [0.2, 0.25) is 0 Å². The molecular weight excluding hydrogens is 194 g/mol. The van der Waals surface area contributed by atoms with Crippen molar-refractivity contribution in [1.82, 2.24) is 0 Å². The molecule has 0 saturated carbocycles. The van der Waals surface area contributed by atoms with E-state index >= 15 is 0 Å². The van der Waals surface area contributed by atoms with Crippen LogP contribution in [0.3, 0.4) is 0 Å². The number of nitrogens with zero attached hydrogens (tertiary/aromatic N) is 2. The van der Waals surface area contributed by atoms with Crippen molar-refractivity contribution in [1.29, 1.82) is 5.26 Å². The van der Waals surface area contributed by atoms with Gasteiger partial charge in [-0.05, 0) is 18.2 Å². The van der Waals surface area contributed by atoms with E-state index in [-0.39, 0.29) is 6.61 Å².